The minimum absolute atomic E-state index is 0.0837. The maximum Gasteiger partial charge on any atom is 0.387 e. The van der Waals surface area contributed by atoms with Gasteiger partial charge in [0.25, 0.3) is 0 Å². The van der Waals surface area contributed by atoms with E-state index in [0.717, 1.165) is 31.4 Å². The number of rotatable bonds is 6. The predicted molar refractivity (Wildman–Crippen MR) is 79.8 cm³/mol. The highest BCUT2D eigenvalue weighted by Crippen LogP contribution is 2.26. The summed E-state index contributed by atoms with van der Waals surface area (Å²) in [6.45, 7) is 0.498. The molecule has 1 aliphatic rings. The Bertz CT molecular complexity index is 499. The summed E-state index contributed by atoms with van der Waals surface area (Å²) in [7, 11) is 1.77. The number of nitrogens with zero attached hydrogens (tertiary/aromatic N) is 1. The van der Waals surface area contributed by atoms with Crippen molar-refractivity contribution in [1.29, 1.82) is 0 Å². The molecule has 0 bridgehead atoms. The van der Waals surface area contributed by atoms with Crippen LogP contribution in [0.25, 0.3) is 0 Å². The van der Waals surface area contributed by atoms with Crippen LogP contribution in [-0.2, 0) is 11.3 Å². The van der Waals surface area contributed by atoms with E-state index in [4.69, 9.17) is 0 Å². The van der Waals surface area contributed by atoms with Crippen molar-refractivity contribution < 1.29 is 18.3 Å². The summed E-state index contributed by atoms with van der Waals surface area (Å²) in [5.74, 6) is 0.204. The average Bonchev–Trinajstić information content (AvgIpc) is 2.98. The van der Waals surface area contributed by atoms with Gasteiger partial charge >= 0.3 is 6.61 Å². The molecule has 0 spiro atoms. The molecular weight excluding hydrogens is 290 g/mol. The zero-order chi connectivity index (χ0) is 16.2. The number of amides is 1. The molecule has 1 saturated heterocycles. The van der Waals surface area contributed by atoms with Crippen LogP contribution in [0.3, 0.4) is 0 Å². The fourth-order valence-electron chi connectivity index (χ4n) is 2.93. The minimum Gasteiger partial charge on any atom is -0.435 e. The molecule has 1 amide bonds. The van der Waals surface area contributed by atoms with Gasteiger partial charge in [-0.1, -0.05) is 19.1 Å². The summed E-state index contributed by atoms with van der Waals surface area (Å²) in [6.07, 6.45) is 2.62. The Balaban J connectivity index is 1.99. The van der Waals surface area contributed by atoms with E-state index in [0.29, 0.717) is 6.54 Å². The Morgan fingerprint density at radius 1 is 1.41 bits per heavy atom. The number of carbonyl (C=O) groups excluding carboxylic acids is 1. The highest BCUT2D eigenvalue weighted by molar-refractivity contribution is 5.86. The molecule has 22 heavy (non-hydrogen) atoms. The van der Waals surface area contributed by atoms with Crippen molar-refractivity contribution >= 4 is 5.91 Å². The molecule has 1 aromatic carbocycles. The third kappa shape index (κ3) is 3.74. The average molecular weight is 312 g/mol. The standard InChI is InChI=1S/C16H22F2N2O2/c1-3-16(9-4-10-19-16)14(21)20(2)11-12-5-7-13(8-6-12)22-15(17)18/h5-8,15,19H,3-4,9-11H2,1-2H3. The van der Waals surface area contributed by atoms with Crippen molar-refractivity contribution in [2.24, 2.45) is 0 Å². The molecule has 122 valence electrons. The largest absolute Gasteiger partial charge is 0.435 e. The molecule has 0 radical (unpaired) electrons. The van der Waals surface area contributed by atoms with Gasteiger partial charge in [-0.05, 0) is 43.5 Å². The molecule has 6 heteroatoms. The second-order valence-corrected chi connectivity index (χ2v) is 5.65. The van der Waals surface area contributed by atoms with Crippen molar-refractivity contribution in [3.05, 3.63) is 29.8 Å². The van der Waals surface area contributed by atoms with Gasteiger partial charge in [0.1, 0.15) is 5.75 Å². The lowest BCUT2D eigenvalue weighted by atomic mass is 9.92. The van der Waals surface area contributed by atoms with Crippen LogP contribution >= 0.6 is 0 Å². The van der Waals surface area contributed by atoms with Gasteiger partial charge in [-0.15, -0.1) is 0 Å². The lowest BCUT2D eigenvalue weighted by Crippen LogP contribution is -2.53. The molecule has 1 aromatic rings. The number of nitrogens with one attached hydrogen (secondary N) is 1. The van der Waals surface area contributed by atoms with E-state index in [1.54, 1.807) is 24.1 Å². The molecule has 0 aromatic heterocycles. The van der Waals surface area contributed by atoms with Crippen LogP contribution in [0.15, 0.2) is 24.3 Å². The van der Waals surface area contributed by atoms with Gasteiger partial charge in [0.2, 0.25) is 5.91 Å². The third-order valence-electron chi connectivity index (χ3n) is 4.17. The van der Waals surface area contributed by atoms with Crippen LogP contribution in [0.4, 0.5) is 8.78 Å². The van der Waals surface area contributed by atoms with Crippen molar-refractivity contribution in [2.45, 2.75) is 44.9 Å². The number of alkyl halides is 2. The number of ether oxygens (including phenoxy) is 1. The second-order valence-electron chi connectivity index (χ2n) is 5.65. The first kappa shape index (κ1) is 16.7. The molecule has 1 heterocycles. The Kier molecular flexibility index (Phi) is 5.34. The number of benzene rings is 1. The van der Waals surface area contributed by atoms with Gasteiger partial charge in [-0.25, -0.2) is 0 Å². The van der Waals surface area contributed by atoms with Gasteiger partial charge in [0, 0.05) is 13.6 Å². The predicted octanol–water partition coefficient (Wildman–Crippen LogP) is 2.78. The normalized spacial score (nSPS) is 21.1. The number of carbonyl (C=O) groups is 1. The monoisotopic (exact) mass is 312 g/mol. The van der Waals surface area contributed by atoms with E-state index >= 15 is 0 Å². The van der Waals surface area contributed by atoms with Crippen LogP contribution in [0.5, 0.6) is 5.75 Å². The Morgan fingerprint density at radius 2 is 2.09 bits per heavy atom. The van der Waals surface area contributed by atoms with Gasteiger partial charge in [0.15, 0.2) is 0 Å². The molecule has 1 atom stereocenters. The fraction of sp³-hybridized carbons (Fsp3) is 0.562. The highest BCUT2D eigenvalue weighted by atomic mass is 19.3. The van der Waals surface area contributed by atoms with Crippen molar-refractivity contribution in [1.82, 2.24) is 10.2 Å². The fourth-order valence-corrected chi connectivity index (χ4v) is 2.93. The van der Waals surface area contributed by atoms with E-state index < -0.39 is 12.2 Å². The Morgan fingerprint density at radius 3 is 2.59 bits per heavy atom. The Labute approximate surface area is 129 Å². The lowest BCUT2D eigenvalue weighted by Gasteiger charge is -2.32. The summed E-state index contributed by atoms with van der Waals surface area (Å²) in [5, 5.41) is 3.32. The number of hydrogen-bond donors (Lipinski definition) is 1. The number of hydrogen-bond acceptors (Lipinski definition) is 3. The van der Waals surface area contributed by atoms with Crippen LogP contribution in [0.1, 0.15) is 31.7 Å². The molecule has 1 aliphatic heterocycles. The maximum atomic E-state index is 12.7. The Hall–Kier alpha value is -1.69. The quantitative estimate of drug-likeness (QED) is 0.878. The SMILES string of the molecule is CCC1(C(=O)N(C)Cc2ccc(OC(F)F)cc2)CCCN1. The summed E-state index contributed by atoms with van der Waals surface area (Å²) in [4.78, 5) is 14.3. The van der Waals surface area contributed by atoms with E-state index in [1.165, 1.54) is 12.1 Å². The molecule has 0 aliphatic carbocycles. The molecular formula is C16H22F2N2O2. The maximum absolute atomic E-state index is 12.7. The van der Waals surface area contributed by atoms with Crippen molar-refractivity contribution in [3.63, 3.8) is 0 Å². The smallest absolute Gasteiger partial charge is 0.387 e. The van der Waals surface area contributed by atoms with Crippen LogP contribution < -0.4 is 10.1 Å². The van der Waals surface area contributed by atoms with Gasteiger partial charge in [-0.3, -0.25) is 4.79 Å². The summed E-state index contributed by atoms with van der Waals surface area (Å²) < 4.78 is 28.5. The van der Waals surface area contributed by atoms with E-state index in [1.807, 2.05) is 6.92 Å². The minimum atomic E-state index is -2.83. The first-order chi connectivity index (χ1) is 10.5. The molecule has 1 fully saturated rings. The summed E-state index contributed by atoms with van der Waals surface area (Å²) in [5.41, 5.74) is 0.426. The van der Waals surface area contributed by atoms with Crippen LogP contribution in [-0.4, -0.2) is 36.5 Å². The third-order valence-corrected chi connectivity index (χ3v) is 4.17. The van der Waals surface area contributed by atoms with Gasteiger partial charge < -0.3 is 15.0 Å². The van der Waals surface area contributed by atoms with Crippen LogP contribution in [0, 0.1) is 0 Å². The lowest BCUT2D eigenvalue weighted by molar-refractivity contribution is -0.137. The molecule has 2 rings (SSSR count). The van der Waals surface area contributed by atoms with Gasteiger partial charge in [0.05, 0.1) is 5.54 Å². The summed E-state index contributed by atoms with van der Waals surface area (Å²) in [6, 6.07) is 6.37. The molecule has 4 nitrogen and oxygen atoms in total. The number of likely N-dealkylation sites (N-methyl/N-ethyl adjacent to an activating group) is 1. The molecule has 1 unspecified atom stereocenters. The molecule has 0 saturated carbocycles. The zero-order valence-corrected chi connectivity index (χ0v) is 12.9. The van der Waals surface area contributed by atoms with Crippen molar-refractivity contribution in [3.8, 4) is 5.75 Å². The number of halogens is 2. The van der Waals surface area contributed by atoms with E-state index in [9.17, 15) is 13.6 Å². The van der Waals surface area contributed by atoms with E-state index in [-0.39, 0.29) is 11.7 Å². The van der Waals surface area contributed by atoms with Crippen LogP contribution in [0.2, 0.25) is 0 Å². The molecule has 1 N–H and O–H groups in total. The van der Waals surface area contributed by atoms with E-state index in [2.05, 4.69) is 10.1 Å². The summed E-state index contributed by atoms with van der Waals surface area (Å²) >= 11 is 0. The zero-order valence-electron chi connectivity index (χ0n) is 12.9. The van der Waals surface area contributed by atoms with Crippen molar-refractivity contribution in [2.75, 3.05) is 13.6 Å². The highest BCUT2D eigenvalue weighted by Gasteiger charge is 2.40. The second kappa shape index (κ2) is 7.05. The van der Waals surface area contributed by atoms with Gasteiger partial charge in [-0.2, -0.15) is 8.78 Å². The topological polar surface area (TPSA) is 41.6 Å². The first-order valence-electron chi connectivity index (χ1n) is 7.51. The first-order valence-corrected chi connectivity index (χ1v) is 7.51.